The van der Waals surface area contributed by atoms with Gasteiger partial charge < -0.3 is 10.1 Å². The third kappa shape index (κ3) is 3.47. The van der Waals surface area contributed by atoms with Crippen molar-refractivity contribution in [2.24, 2.45) is 0 Å². The quantitative estimate of drug-likeness (QED) is 0.885. The van der Waals surface area contributed by atoms with E-state index in [2.05, 4.69) is 77.6 Å². The SMILES string of the molecule is Cc1ccc2c(c1)CC(CN[C@H](C)c1cccc(Br)c1)O2. The second-order valence-corrected chi connectivity index (χ2v) is 6.66. The molecule has 1 aliphatic heterocycles. The molecule has 1 aliphatic rings. The Kier molecular flexibility index (Phi) is 4.32. The lowest BCUT2D eigenvalue weighted by Crippen LogP contribution is -2.31. The van der Waals surface area contributed by atoms with Gasteiger partial charge in [0.2, 0.25) is 0 Å². The summed E-state index contributed by atoms with van der Waals surface area (Å²) in [5.41, 5.74) is 3.92. The maximum absolute atomic E-state index is 6.00. The molecule has 0 bridgehead atoms. The van der Waals surface area contributed by atoms with Gasteiger partial charge in [0.15, 0.2) is 0 Å². The number of rotatable bonds is 4. The second kappa shape index (κ2) is 6.20. The van der Waals surface area contributed by atoms with Crippen molar-refractivity contribution in [2.75, 3.05) is 6.54 Å². The van der Waals surface area contributed by atoms with Crippen LogP contribution < -0.4 is 10.1 Å². The number of fused-ring (bicyclic) bond motifs is 1. The molecule has 0 saturated carbocycles. The standard InChI is InChI=1S/C18H20BrNO/c1-12-6-7-18-15(8-12)10-17(21-18)11-20-13(2)14-4-3-5-16(19)9-14/h3-9,13,17,20H,10-11H2,1-2H3/t13-,17?/m1/s1. The fraction of sp³-hybridized carbons (Fsp3) is 0.333. The van der Waals surface area contributed by atoms with Crippen LogP contribution in [0.4, 0.5) is 0 Å². The molecule has 0 aliphatic carbocycles. The molecular weight excluding hydrogens is 326 g/mol. The molecule has 3 heteroatoms. The van der Waals surface area contributed by atoms with Crippen molar-refractivity contribution in [2.45, 2.75) is 32.4 Å². The van der Waals surface area contributed by atoms with Gasteiger partial charge in [0, 0.05) is 23.5 Å². The summed E-state index contributed by atoms with van der Waals surface area (Å²) in [6.45, 7) is 5.18. The van der Waals surface area contributed by atoms with E-state index in [1.54, 1.807) is 0 Å². The highest BCUT2D eigenvalue weighted by molar-refractivity contribution is 9.10. The normalized spacial score (nSPS) is 18.1. The average Bonchev–Trinajstić information content (AvgIpc) is 2.86. The number of ether oxygens (including phenoxy) is 1. The Hall–Kier alpha value is -1.32. The van der Waals surface area contributed by atoms with Crippen LogP contribution >= 0.6 is 15.9 Å². The Bertz CT molecular complexity index is 641. The highest BCUT2D eigenvalue weighted by Gasteiger charge is 2.23. The summed E-state index contributed by atoms with van der Waals surface area (Å²) in [6, 6.07) is 15.2. The van der Waals surface area contributed by atoms with E-state index in [0.29, 0.717) is 6.04 Å². The zero-order valence-corrected chi connectivity index (χ0v) is 14.0. The fourth-order valence-corrected chi connectivity index (χ4v) is 3.18. The summed E-state index contributed by atoms with van der Waals surface area (Å²) in [7, 11) is 0. The van der Waals surface area contributed by atoms with E-state index in [-0.39, 0.29) is 6.10 Å². The van der Waals surface area contributed by atoms with Gasteiger partial charge in [-0.3, -0.25) is 0 Å². The van der Waals surface area contributed by atoms with Crippen LogP contribution in [0.25, 0.3) is 0 Å². The molecule has 2 nitrogen and oxygen atoms in total. The lowest BCUT2D eigenvalue weighted by molar-refractivity contribution is 0.222. The predicted octanol–water partition coefficient (Wildman–Crippen LogP) is 4.41. The predicted molar refractivity (Wildman–Crippen MR) is 89.9 cm³/mol. The topological polar surface area (TPSA) is 21.3 Å². The summed E-state index contributed by atoms with van der Waals surface area (Å²) in [5, 5.41) is 3.57. The van der Waals surface area contributed by atoms with Crippen LogP contribution in [-0.2, 0) is 6.42 Å². The molecule has 2 aromatic carbocycles. The van der Waals surface area contributed by atoms with Gasteiger partial charge in [0.25, 0.3) is 0 Å². The highest BCUT2D eigenvalue weighted by atomic mass is 79.9. The Labute approximate surface area is 134 Å². The van der Waals surface area contributed by atoms with Crippen LogP contribution in [-0.4, -0.2) is 12.6 Å². The van der Waals surface area contributed by atoms with Crippen molar-refractivity contribution >= 4 is 15.9 Å². The van der Waals surface area contributed by atoms with E-state index in [1.807, 2.05) is 0 Å². The minimum Gasteiger partial charge on any atom is -0.488 e. The zero-order valence-electron chi connectivity index (χ0n) is 12.4. The van der Waals surface area contributed by atoms with Gasteiger partial charge in [-0.2, -0.15) is 0 Å². The third-order valence-corrected chi connectivity index (χ3v) is 4.45. The fourth-order valence-electron chi connectivity index (χ4n) is 2.77. The first-order valence-corrected chi connectivity index (χ1v) is 8.16. The highest BCUT2D eigenvalue weighted by Crippen LogP contribution is 2.29. The number of aryl methyl sites for hydroxylation is 1. The van der Waals surface area contributed by atoms with Crippen molar-refractivity contribution in [1.82, 2.24) is 5.32 Å². The van der Waals surface area contributed by atoms with Crippen molar-refractivity contribution in [3.8, 4) is 5.75 Å². The van der Waals surface area contributed by atoms with Crippen LogP contribution in [0.15, 0.2) is 46.9 Å². The molecular formula is C18H20BrNO. The Morgan fingerprint density at radius 3 is 2.95 bits per heavy atom. The van der Waals surface area contributed by atoms with Crippen molar-refractivity contribution in [3.05, 3.63) is 63.6 Å². The van der Waals surface area contributed by atoms with Crippen LogP contribution in [0.5, 0.6) is 5.75 Å². The molecule has 0 aromatic heterocycles. The number of nitrogens with one attached hydrogen (secondary N) is 1. The molecule has 3 rings (SSSR count). The first kappa shape index (κ1) is 14.6. The molecule has 0 radical (unpaired) electrons. The molecule has 2 atom stereocenters. The number of hydrogen-bond donors (Lipinski definition) is 1. The van der Waals surface area contributed by atoms with E-state index >= 15 is 0 Å². The van der Waals surface area contributed by atoms with Crippen LogP contribution in [0.3, 0.4) is 0 Å². The first-order valence-electron chi connectivity index (χ1n) is 7.37. The number of hydrogen-bond acceptors (Lipinski definition) is 2. The Balaban J connectivity index is 1.57. The summed E-state index contributed by atoms with van der Waals surface area (Å²) in [5.74, 6) is 1.04. The Morgan fingerprint density at radius 1 is 1.29 bits per heavy atom. The van der Waals surface area contributed by atoms with Gasteiger partial charge in [-0.25, -0.2) is 0 Å². The van der Waals surface area contributed by atoms with E-state index in [4.69, 9.17) is 4.74 Å². The van der Waals surface area contributed by atoms with Gasteiger partial charge in [-0.15, -0.1) is 0 Å². The minimum absolute atomic E-state index is 0.233. The molecule has 0 fully saturated rings. The van der Waals surface area contributed by atoms with E-state index in [9.17, 15) is 0 Å². The Morgan fingerprint density at radius 2 is 2.14 bits per heavy atom. The lowest BCUT2D eigenvalue weighted by Gasteiger charge is -2.18. The maximum atomic E-state index is 6.00. The summed E-state index contributed by atoms with van der Waals surface area (Å²) >= 11 is 3.52. The van der Waals surface area contributed by atoms with Gasteiger partial charge in [-0.1, -0.05) is 45.8 Å². The second-order valence-electron chi connectivity index (χ2n) is 5.74. The number of benzene rings is 2. The molecule has 110 valence electrons. The third-order valence-electron chi connectivity index (χ3n) is 3.96. The van der Waals surface area contributed by atoms with Gasteiger partial charge >= 0.3 is 0 Å². The lowest BCUT2D eigenvalue weighted by atomic mass is 10.1. The van der Waals surface area contributed by atoms with Gasteiger partial charge in [0.05, 0.1) is 0 Å². The molecule has 1 heterocycles. The van der Waals surface area contributed by atoms with Gasteiger partial charge in [0.1, 0.15) is 11.9 Å². The van der Waals surface area contributed by atoms with Crippen LogP contribution in [0.2, 0.25) is 0 Å². The summed E-state index contributed by atoms with van der Waals surface area (Å²) < 4.78 is 7.12. The van der Waals surface area contributed by atoms with E-state index < -0.39 is 0 Å². The zero-order chi connectivity index (χ0) is 14.8. The number of halogens is 1. The maximum Gasteiger partial charge on any atom is 0.123 e. The van der Waals surface area contributed by atoms with Crippen molar-refractivity contribution in [1.29, 1.82) is 0 Å². The minimum atomic E-state index is 0.233. The average molecular weight is 346 g/mol. The smallest absolute Gasteiger partial charge is 0.123 e. The summed E-state index contributed by atoms with van der Waals surface area (Å²) in [4.78, 5) is 0. The molecule has 1 unspecified atom stereocenters. The van der Waals surface area contributed by atoms with E-state index in [1.165, 1.54) is 16.7 Å². The van der Waals surface area contributed by atoms with E-state index in [0.717, 1.165) is 23.2 Å². The molecule has 0 saturated heterocycles. The van der Waals surface area contributed by atoms with Crippen LogP contribution in [0.1, 0.15) is 29.7 Å². The molecule has 21 heavy (non-hydrogen) atoms. The molecule has 1 N–H and O–H groups in total. The largest absolute Gasteiger partial charge is 0.488 e. The first-order chi connectivity index (χ1) is 10.1. The van der Waals surface area contributed by atoms with Crippen molar-refractivity contribution < 1.29 is 4.74 Å². The van der Waals surface area contributed by atoms with Crippen LogP contribution in [0, 0.1) is 6.92 Å². The monoisotopic (exact) mass is 345 g/mol. The summed E-state index contributed by atoms with van der Waals surface area (Å²) in [6.07, 6.45) is 1.23. The molecule has 0 amide bonds. The molecule has 0 spiro atoms. The van der Waals surface area contributed by atoms with Crippen molar-refractivity contribution in [3.63, 3.8) is 0 Å². The molecule has 2 aromatic rings. The van der Waals surface area contributed by atoms with Gasteiger partial charge in [-0.05, 0) is 43.2 Å².